The van der Waals surface area contributed by atoms with E-state index in [9.17, 15) is 0 Å². The topological polar surface area (TPSA) is 61.4 Å². The molecule has 50 heavy (non-hydrogen) atoms. The van der Waals surface area contributed by atoms with Gasteiger partial charge < -0.3 is 0 Å². The summed E-state index contributed by atoms with van der Waals surface area (Å²) in [6.07, 6.45) is 0. The molecule has 0 saturated carbocycles. The van der Waals surface area contributed by atoms with Crippen molar-refractivity contribution in [2.45, 2.75) is 0 Å². The molecule has 0 unspecified atom stereocenters. The standard InChI is InChI=1S/C44H28N6/c1-5-15-29(16-6-1)41-46-42(30-17-7-2-8-18-30)48-44(47-41)50-37-24-14-13-23-34(37)40-35-28-39-36(27-32(35)25-26-38(40)50)45-43(31-19-9-3-10-20-31)49(39)33-21-11-4-12-22-33/h1-28H. The maximum absolute atomic E-state index is 5.21. The van der Waals surface area contributed by atoms with E-state index in [4.69, 9.17) is 19.9 Å². The fourth-order valence-electron chi connectivity index (χ4n) is 7.10. The van der Waals surface area contributed by atoms with E-state index in [0.29, 0.717) is 17.6 Å². The predicted molar refractivity (Wildman–Crippen MR) is 203 cm³/mol. The molecule has 0 saturated heterocycles. The summed E-state index contributed by atoms with van der Waals surface area (Å²) < 4.78 is 4.45. The Labute approximate surface area is 287 Å². The lowest BCUT2D eigenvalue weighted by Crippen LogP contribution is -2.06. The molecule has 0 radical (unpaired) electrons. The molecule has 0 fully saturated rings. The number of para-hydroxylation sites is 2. The van der Waals surface area contributed by atoms with Crippen LogP contribution in [0.25, 0.3) is 89.4 Å². The van der Waals surface area contributed by atoms with Crippen LogP contribution >= 0.6 is 0 Å². The molecule has 0 atom stereocenters. The molecule has 234 valence electrons. The van der Waals surface area contributed by atoms with Crippen molar-refractivity contribution < 1.29 is 0 Å². The Morgan fingerprint density at radius 2 is 0.960 bits per heavy atom. The average molecular weight is 641 g/mol. The molecule has 0 aliphatic carbocycles. The Hall–Kier alpha value is -6.92. The number of rotatable bonds is 5. The lowest BCUT2D eigenvalue weighted by atomic mass is 10.0. The number of benzene rings is 7. The molecule has 10 rings (SSSR count). The van der Waals surface area contributed by atoms with E-state index < -0.39 is 0 Å². The van der Waals surface area contributed by atoms with Crippen molar-refractivity contribution in [1.82, 2.24) is 29.1 Å². The van der Waals surface area contributed by atoms with Gasteiger partial charge in [-0.2, -0.15) is 9.97 Å². The molecule has 0 amide bonds. The summed E-state index contributed by atoms with van der Waals surface area (Å²) in [7, 11) is 0. The third-order valence-corrected chi connectivity index (χ3v) is 9.36. The average Bonchev–Trinajstić information content (AvgIpc) is 3.74. The lowest BCUT2D eigenvalue weighted by Gasteiger charge is -2.11. The Morgan fingerprint density at radius 1 is 0.380 bits per heavy atom. The first-order valence-electron chi connectivity index (χ1n) is 16.7. The van der Waals surface area contributed by atoms with E-state index in [1.807, 2.05) is 72.8 Å². The summed E-state index contributed by atoms with van der Waals surface area (Å²) in [6.45, 7) is 0. The van der Waals surface area contributed by atoms with Crippen LogP contribution in [0.4, 0.5) is 0 Å². The van der Waals surface area contributed by atoms with Crippen LogP contribution in [0.1, 0.15) is 0 Å². The normalized spacial score (nSPS) is 11.6. The fraction of sp³-hybridized carbons (Fsp3) is 0. The summed E-state index contributed by atoms with van der Waals surface area (Å²) in [6, 6.07) is 58.5. The van der Waals surface area contributed by atoms with Gasteiger partial charge in [-0.05, 0) is 47.2 Å². The van der Waals surface area contributed by atoms with Crippen LogP contribution in [0.3, 0.4) is 0 Å². The van der Waals surface area contributed by atoms with E-state index in [1.54, 1.807) is 0 Å². The molecular formula is C44H28N6. The minimum absolute atomic E-state index is 0.574. The second-order valence-corrected chi connectivity index (χ2v) is 12.4. The van der Waals surface area contributed by atoms with Crippen molar-refractivity contribution in [1.29, 1.82) is 0 Å². The first-order valence-corrected chi connectivity index (χ1v) is 16.7. The summed E-state index contributed by atoms with van der Waals surface area (Å²) in [5.74, 6) is 2.74. The highest BCUT2D eigenvalue weighted by Gasteiger charge is 2.21. The van der Waals surface area contributed by atoms with E-state index in [1.165, 1.54) is 0 Å². The summed E-state index contributed by atoms with van der Waals surface area (Å²) in [5.41, 5.74) is 8.05. The molecule has 3 aromatic heterocycles. The maximum Gasteiger partial charge on any atom is 0.238 e. The summed E-state index contributed by atoms with van der Waals surface area (Å²) >= 11 is 0. The van der Waals surface area contributed by atoms with E-state index in [-0.39, 0.29) is 0 Å². The quantitative estimate of drug-likeness (QED) is 0.188. The third kappa shape index (κ3) is 4.50. The van der Waals surface area contributed by atoms with E-state index in [0.717, 1.165) is 71.8 Å². The Morgan fingerprint density at radius 3 is 1.62 bits per heavy atom. The van der Waals surface area contributed by atoms with Gasteiger partial charge in [0.2, 0.25) is 5.95 Å². The third-order valence-electron chi connectivity index (χ3n) is 9.36. The predicted octanol–water partition coefficient (Wildman–Crippen LogP) is 10.5. The molecule has 0 bridgehead atoms. The highest BCUT2D eigenvalue weighted by Crippen LogP contribution is 2.39. The molecule has 0 spiro atoms. The lowest BCUT2D eigenvalue weighted by molar-refractivity contribution is 0.953. The number of imidazole rings is 1. The monoisotopic (exact) mass is 640 g/mol. The smallest absolute Gasteiger partial charge is 0.238 e. The van der Waals surface area contributed by atoms with Gasteiger partial charge in [0, 0.05) is 33.2 Å². The highest BCUT2D eigenvalue weighted by molar-refractivity contribution is 6.22. The van der Waals surface area contributed by atoms with Crippen LogP contribution in [0.2, 0.25) is 0 Å². The summed E-state index contributed by atoms with van der Waals surface area (Å²) in [4.78, 5) is 20.4. The molecule has 0 N–H and O–H groups in total. The van der Waals surface area contributed by atoms with Crippen LogP contribution in [0, 0.1) is 0 Å². The highest BCUT2D eigenvalue weighted by atomic mass is 15.2. The fourth-order valence-corrected chi connectivity index (χ4v) is 7.10. The van der Waals surface area contributed by atoms with Gasteiger partial charge in [-0.15, -0.1) is 0 Å². The van der Waals surface area contributed by atoms with E-state index >= 15 is 0 Å². The van der Waals surface area contributed by atoms with Crippen molar-refractivity contribution >= 4 is 43.6 Å². The van der Waals surface area contributed by atoms with Gasteiger partial charge in [0.05, 0.1) is 22.1 Å². The second kappa shape index (κ2) is 11.4. The van der Waals surface area contributed by atoms with Gasteiger partial charge in [0.1, 0.15) is 5.82 Å². The number of hydrogen-bond donors (Lipinski definition) is 0. The van der Waals surface area contributed by atoms with Gasteiger partial charge in [0.25, 0.3) is 0 Å². The number of nitrogens with zero attached hydrogens (tertiary/aromatic N) is 6. The van der Waals surface area contributed by atoms with Crippen molar-refractivity contribution in [2.24, 2.45) is 0 Å². The molecule has 0 aliphatic rings. The maximum atomic E-state index is 5.21. The number of fused-ring (bicyclic) bond motifs is 6. The van der Waals surface area contributed by atoms with Gasteiger partial charge >= 0.3 is 0 Å². The zero-order chi connectivity index (χ0) is 33.0. The van der Waals surface area contributed by atoms with Crippen LogP contribution in [-0.4, -0.2) is 29.1 Å². The van der Waals surface area contributed by atoms with Gasteiger partial charge in [-0.25, -0.2) is 9.97 Å². The van der Waals surface area contributed by atoms with Crippen molar-refractivity contribution in [3.05, 3.63) is 170 Å². The van der Waals surface area contributed by atoms with Crippen LogP contribution < -0.4 is 0 Å². The van der Waals surface area contributed by atoms with Gasteiger partial charge in [-0.1, -0.05) is 133 Å². The van der Waals surface area contributed by atoms with E-state index in [2.05, 4.69) is 106 Å². The van der Waals surface area contributed by atoms with Crippen molar-refractivity contribution in [3.8, 4) is 45.8 Å². The van der Waals surface area contributed by atoms with Crippen molar-refractivity contribution in [2.75, 3.05) is 0 Å². The first-order chi connectivity index (χ1) is 24.8. The first kappa shape index (κ1) is 28.1. The number of aromatic nitrogens is 6. The largest absolute Gasteiger partial charge is 0.292 e. The molecule has 3 heterocycles. The molecule has 7 aromatic carbocycles. The zero-order valence-corrected chi connectivity index (χ0v) is 26.8. The second-order valence-electron chi connectivity index (χ2n) is 12.4. The Kier molecular flexibility index (Phi) is 6.39. The molecule has 10 aromatic rings. The van der Waals surface area contributed by atoms with Crippen LogP contribution in [-0.2, 0) is 0 Å². The Bertz CT molecular complexity index is 2780. The molecule has 0 aliphatic heterocycles. The molecule has 6 nitrogen and oxygen atoms in total. The minimum Gasteiger partial charge on any atom is -0.292 e. The molecular weight excluding hydrogens is 613 g/mol. The SMILES string of the molecule is c1ccc(-c2nc(-c3ccccc3)nc(-n3c4ccccc4c4c5cc6c(cc5ccc43)nc(-c3ccccc3)n6-c3ccccc3)n2)cc1. The van der Waals surface area contributed by atoms with Gasteiger partial charge in [-0.3, -0.25) is 9.13 Å². The molecule has 6 heteroatoms. The Balaban J connectivity index is 1.28. The number of hydrogen-bond acceptors (Lipinski definition) is 4. The summed E-state index contributed by atoms with van der Waals surface area (Å²) in [5, 5.41) is 4.53. The van der Waals surface area contributed by atoms with Crippen LogP contribution in [0.15, 0.2) is 170 Å². The minimum atomic E-state index is 0.574. The zero-order valence-electron chi connectivity index (χ0n) is 26.8. The van der Waals surface area contributed by atoms with Crippen molar-refractivity contribution in [3.63, 3.8) is 0 Å². The van der Waals surface area contributed by atoms with Crippen LogP contribution in [0.5, 0.6) is 0 Å². The van der Waals surface area contributed by atoms with Gasteiger partial charge in [0.15, 0.2) is 11.6 Å².